The van der Waals surface area contributed by atoms with Crippen molar-refractivity contribution in [3.8, 4) is 22.8 Å². The van der Waals surface area contributed by atoms with Gasteiger partial charge < -0.3 is 10.1 Å². The zero-order valence-corrected chi connectivity index (χ0v) is 25.8. The Hall–Kier alpha value is -4.45. The second kappa shape index (κ2) is 12.8. The number of carbonyl (C=O) groups is 1. The van der Waals surface area contributed by atoms with Crippen LogP contribution in [0.5, 0.6) is 5.75 Å². The Morgan fingerprint density at radius 3 is 2.37 bits per heavy atom. The summed E-state index contributed by atoms with van der Waals surface area (Å²) >= 11 is 1.26. The summed E-state index contributed by atoms with van der Waals surface area (Å²) in [6.07, 6.45) is 0. The Labute approximate surface area is 255 Å². The number of methoxy groups -OCH3 is 1. The predicted molar refractivity (Wildman–Crippen MR) is 169 cm³/mol. The number of ether oxygens (including phenoxy) is 1. The predicted octanol–water partition coefficient (Wildman–Crippen LogP) is 5.97. The molecule has 1 N–H and O–H groups in total. The molecule has 1 amide bonds. The highest BCUT2D eigenvalue weighted by atomic mass is 32.2. The van der Waals surface area contributed by atoms with Gasteiger partial charge in [-0.25, -0.2) is 12.7 Å². The zero-order chi connectivity index (χ0) is 30.6. The molecule has 43 heavy (non-hydrogen) atoms. The molecule has 0 spiro atoms. The minimum absolute atomic E-state index is 0.142. The van der Waals surface area contributed by atoms with Crippen molar-refractivity contribution in [1.29, 1.82) is 0 Å². The van der Waals surface area contributed by atoms with Crippen molar-refractivity contribution in [2.75, 3.05) is 26.5 Å². The Balaban J connectivity index is 1.60. The van der Waals surface area contributed by atoms with Gasteiger partial charge in [0.2, 0.25) is 15.9 Å². The molecule has 0 fully saturated rings. The van der Waals surface area contributed by atoms with E-state index >= 15 is 0 Å². The lowest BCUT2D eigenvalue weighted by molar-refractivity contribution is -0.115. The summed E-state index contributed by atoms with van der Waals surface area (Å²) in [4.78, 5) is 14.0. The second-order valence-electron chi connectivity index (χ2n) is 9.93. The Kier molecular flexibility index (Phi) is 8.95. The topological polar surface area (TPSA) is 106 Å². The number of anilines is 1. The summed E-state index contributed by atoms with van der Waals surface area (Å²) in [5.41, 5.74) is 3.76. The van der Waals surface area contributed by atoms with Crippen molar-refractivity contribution in [2.24, 2.45) is 0 Å². The van der Waals surface area contributed by atoms with E-state index in [9.17, 15) is 13.2 Å². The molecule has 9 nitrogen and oxygen atoms in total. The van der Waals surface area contributed by atoms with Crippen LogP contribution in [0, 0.1) is 6.92 Å². The monoisotopic (exact) mass is 613 g/mol. The molecule has 0 saturated heterocycles. The number of aromatic nitrogens is 3. The van der Waals surface area contributed by atoms with Gasteiger partial charge in [0.1, 0.15) is 11.0 Å². The van der Waals surface area contributed by atoms with Crippen LogP contribution in [0.2, 0.25) is 0 Å². The summed E-state index contributed by atoms with van der Waals surface area (Å²) < 4.78 is 34.2. The molecule has 1 unspecified atom stereocenters. The van der Waals surface area contributed by atoms with Gasteiger partial charge in [-0.1, -0.05) is 72.4 Å². The molecule has 0 bridgehead atoms. The first-order valence-electron chi connectivity index (χ1n) is 13.4. The van der Waals surface area contributed by atoms with E-state index in [1.807, 2.05) is 78.2 Å². The van der Waals surface area contributed by atoms with Crippen molar-refractivity contribution in [3.05, 3.63) is 114 Å². The number of nitrogens with zero attached hydrogens (tertiary/aromatic N) is 4. The molecule has 1 aromatic heterocycles. The van der Waals surface area contributed by atoms with Crippen LogP contribution < -0.4 is 10.1 Å². The Morgan fingerprint density at radius 1 is 0.907 bits per heavy atom. The number of carbonyl (C=O) groups excluding carboxylic acids is 1. The summed E-state index contributed by atoms with van der Waals surface area (Å²) in [5.74, 6) is 0.830. The van der Waals surface area contributed by atoms with E-state index < -0.39 is 15.3 Å². The minimum atomic E-state index is -3.68. The average molecular weight is 614 g/mol. The highest BCUT2D eigenvalue weighted by Gasteiger charge is 2.27. The molecular weight excluding hydrogens is 583 g/mol. The summed E-state index contributed by atoms with van der Waals surface area (Å²) in [6.45, 7) is 1.99. The molecule has 0 aliphatic rings. The molecule has 1 atom stereocenters. The highest BCUT2D eigenvalue weighted by molar-refractivity contribution is 8.00. The molecule has 220 valence electrons. The van der Waals surface area contributed by atoms with Crippen LogP contribution in [0.1, 0.15) is 16.4 Å². The van der Waals surface area contributed by atoms with Crippen LogP contribution >= 0.6 is 11.8 Å². The van der Waals surface area contributed by atoms with Crippen LogP contribution in [0.3, 0.4) is 0 Å². The van der Waals surface area contributed by atoms with E-state index in [4.69, 9.17) is 4.74 Å². The summed E-state index contributed by atoms with van der Waals surface area (Å²) in [7, 11) is 0.882. The first kappa shape index (κ1) is 30.0. The van der Waals surface area contributed by atoms with Gasteiger partial charge in [-0.3, -0.25) is 9.36 Å². The lowest BCUT2D eigenvalue weighted by atomic mass is 10.1. The number of nitrogens with one attached hydrogen (secondary N) is 1. The van der Waals surface area contributed by atoms with E-state index in [2.05, 4.69) is 15.5 Å². The van der Waals surface area contributed by atoms with Gasteiger partial charge in [0.15, 0.2) is 11.0 Å². The normalized spacial score (nSPS) is 12.2. The third-order valence-electron chi connectivity index (χ3n) is 6.67. The fourth-order valence-electron chi connectivity index (χ4n) is 4.45. The van der Waals surface area contributed by atoms with E-state index in [-0.39, 0.29) is 10.8 Å². The minimum Gasteiger partial charge on any atom is -0.497 e. The van der Waals surface area contributed by atoms with Crippen LogP contribution in [0.4, 0.5) is 5.69 Å². The Morgan fingerprint density at radius 2 is 1.65 bits per heavy atom. The second-order valence-corrected chi connectivity index (χ2v) is 13.1. The molecule has 4 aromatic carbocycles. The lowest BCUT2D eigenvalue weighted by Gasteiger charge is -2.18. The molecule has 0 saturated carbocycles. The van der Waals surface area contributed by atoms with Crippen molar-refractivity contribution in [2.45, 2.75) is 22.2 Å². The van der Waals surface area contributed by atoms with E-state index in [0.717, 1.165) is 16.8 Å². The maximum absolute atomic E-state index is 13.8. The molecule has 11 heteroatoms. The maximum atomic E-state index is 13.8. The highest BCUT2D eigenvalue weighted by Crippen LogP contribution is 2.39. The van der Waals surface area contributed by atoms with Crippen molar-refractivity contribution < 1.29 is 17.9 Å². The Bertz CT molecular complexity index is 1860. The fourth-order valence-corrected chi connectivity index (χ4v) is 6.46. The smallest absolute Gasteiger partial charge is 0.242 e. The third-order valence-corrected chi connectivity index (χ3v) is 9.67. The van der Waals surface area contributed by atoms with E-state index in [1.165, 1.54) is 30.2 Å². The van der Waals surface area contributed by atoms with Gasteiger partial charge in [-0.2, -0.15) is 0 Å². The van der Waals surface area contributed by atoms with E-state index in [1.54, 1.807) is 43.5 Å². The number of hydrogen-bond acceptors (Lipinski definition) is 7. The van der Waals surface area contributed by atoms with Gasteiger partial charge in [-0.15, -0.1) is 10.2 Å². The molecule has 1 heterocycles. The van der Waals surface area contributed by atoms with Crippen molar-refractivity contribution in [3.63, 3.8) is 0 Å². The molecule has 5 aromatic rings. The zero-order valence-electron chi connectivity index (χ0n) is 24.1. The SMILES string of the molecule is COc1cccc(NC(=O)C(Sc2nnc(-c3cccc(S(=O)(=O)N(C)C)c3)n2-c2cccc(C)c2)c2ccccc2)c1. The maximum Gasteiger partial charge on any atom is 0.242 e. The average Bonchev–Trinajstić information content (AvgIpc) is 3.44. The van der Waals surface area contributed by atoms with Gasteiger partial charge in [0, 0.05) is 37.1 Å². The largest absolute Gasteiger partial charge is 0.497 e. The number of hydrogen-bond donors (Lipinski definition) is 1. The number of rotatable bonds is 10. The van der Waals surface area contributed by atoms with Gasteiger partial charge in [0.05, 0.1) is 12.0 Å². The number of thioether (sulfide) groups is 1. The van der Waals surface area contributed by atoms with Gasteiger partial charge in [0.25, 0.3) is 0 Å². The number of benzene rings is 4. The van der Waals surface area contributed by atoms with Crippen LogP contribution in [0.25, 0.3) is 17.1 Å². The first-order valence-corrected chi connectivity index (χ1v) is 15.7. The molecule has 0 radical (unpaired) electrons. The number of sulfonamides is 1. The quantitative estimate of drug-likeness (QED) is 0.193. The fraction of sp³-hybridized carbons (Fsp3) is 0.156. The molecular formula is C32H31N5O4S2. The standard InChI is InChI=1S/C32H31N5O4S2/c1-22-11-8-16-26(19-22)37-30(24-14-9-18-28(20-24)43(39,40)36(2)3)34-35-32(37)42-29(23-12-6-5-7-13-23)31(38)33-25-15-10-17-27(21-25)41-4/h5-21,29H,1-4H3,(H,33,38). The summed E-state index contributed by atoms with van der Waals surface area (Å²) in [6, 6.07) is 31.1. The van der Waals surface area contributed by atoms with Crippen molar-refractivity contribution >= 4 is 33.4 Å². The molecule has 0 aliphatic heterocycles. The molecule has 5 rings (SSSR count). The number of amides is 1. The van der Waals surface area contributed by atoms with Crippen LogP contribution in [-0.4, -0.2) is 54.6 Å². The van der Waals surface area contributed by atoms with Crippen molar-refractivity contribution in [1.82, 2.24) is 19.1 Å². The molecule has 0 aliphatic carbocycles. The van der Waals surface area contributed by atoms with E-state index in [0.29, 0.717) is 28.0 Å². The third kappa shape index (κ3) is 6.64. The van der Waals surface area contributed by atoms with Crippen LogP contribution in [0.15, 0.2) is 113 Å². The number of aryl methyl sites for hydroxylation is 1. The summed E-state index contributed by atoms with van der Waals surface area (Å²) in [5, 5.41) is 11.8. The van der Waals surface area contributed by atoms with Crippen LogP contribution in [-0.2, 0) is 14.8 Å². The van der Waals surface area contributed by atoms with Gasteiger partial charge >= 0.3 is 0 Å². The lowest BCUT2D eigenvalue weighted by Crippen LogP contribution is -2.22. The van der Waals surface area contributed by atoms with Gasteiger partial charge in [-0.05, 0) is 54.4 Å². The first-order chi connectivity index (χ1) is 20.7.